The van der Waals surface area contributed by atoms with Gasteiger partial charge in [-0.25, -0.2) is 4.79 Å². The number of rotatable bonds is 6. The Morgan fingerprint density at radius 3 is 1.54 bits per heavy atom. The Morgan fingerprint density at radius 2 is 1.08 bits per heavy atom. The second-order valence-electron chi connectivity index (χ2n) is 5.82. The predicted octanol–water partition coefficient (Wildman–Crippen LogP) is 4.23. The van der Waals surface area contributed by atoms with E-state index in [1.54, 1.807) is 72.8 Å². The van der Waals surface area contributed by atoms with Gasteiger partial charge in [0, 0.05) is 11.1 Å². The first-order valence-electron chi connectivity index (χ1n) is 8.09. The van der Waals surface area contributed by atoms with E-state index in [1.165, 1.54) is 12.1 Å². The molecular weight excluding hydrogens is 328 g/mol. The van der Waals surface area contributed by atoms with Gasteiger partial charge in [0.1, 0.15) is 5.92 Å². The molecule has 0 aromatic heterocycles. The Morgan fingerprint density at radius 1 is 0.615 bits per heavy atom. The summed E-state index contributed by atoms with van der Waals surface area (Å²) in [6.07, 6.45) is 0. The van der Waals surface area contributed by atoms with Gasteiger partial charge in [0.2, 0.25) is 0 Å². The number of hydrogen-bond acceptors (Lipinski definition) is 3. The van der Waals surface area contributed by atoms with Crippen LogP contribution in [0.2, 0.25) is 0 Å². The lowest BCUT2D eigenvalue weighted by Crippen LogP contribution is -2.23. The third-order valence-electron chi connectivity index (χ3n) is 4.11. The zero-order valence-corrected chi connectivity index (χ0v) is 13.8. The molecule has 0 fully saturated rings. The summed E-state index contributed by atoms with van der Waals surface area (Å²) in [7, 11) is 0. The van der Waals surface area contributed by atoms with E-state index in [-0.39, 0.29) is 17.1 Å². The van der Waals surface area contributed by atoms with Crippen molar-refractivity contribution in [2.45, 2.75) is 5.92 Å². The van der Waals surface area contributed by atoms with Crippen LogP contribution in [-0.2, 0) is 0 Å². The average Bonchev–Trinajstić information content (AvgIpc) is 2.69. The lowest BCUT2D eigenvalue weighted by molar-refractivity contribution is 0.0694. The number of carboxylic acids is 1. The molecule has 0 aliphatic rings. The van der Waals surface area contributed by atoms with Crippen molar-refractivity contribution in [3.63, 3.8) is 0 Å². The molecule has 0 atom stereocenters. The van der Waals surface area contributed by atoms with Crippen LogP contribution < -0.4 is 0 Å². The van der Waals surface area contributed by atoms with Gasteiger partial charge in [-0.3, -0.25) is 9.59 Å². The molecule has 3 aromatic carbocycles. The van der Waals surface area contributed by atoms with Gasteiger partial charge in [-0.05, 0) is 17.7 Å². The summed E-state index contributed by atoms with van der Waals surface area (Å²) < 4.78 is 0. The number of ketones is 2. The monoisotopic (exact) mass is 344 g/mol. The summed E-state index contributed by atoms with van der Waals surface area (Å²) in [5, 5.41) is 9.23. The van der Waals surface area contributed by atoms with Crippen molar-refractivity contribution >= 4 is 17.5 Å². The Kier molecular flexibility index (Phi) is 5.04. The number of carboxylic acid groups (broad SMARTS) is 1. The largest absolute Gasteiger partial charge is 0.478 e. The summed E-state index contributed by atoms with van der Waals surface area (Å²) in [6, 6.07) is 23.0. The Balaban J connectivity index is 2.10. The molecular formula is C22H16O4. The van der Waals surface area contributed by atoms with Crippen LogP contribution in [0.3, 0.4) is 0 Å². The molecule has 128 valence electrons. The maximum absolute atomic E-state index is 13.1. The van der Waals surface area contributed by atoms with Crippen molar-refractivity contribution < 1.29 is 19.5 Å². The van der Waals surface area contributed by atoms with Crippen molar-refractivity contribution in [3.8, 4) is 0 Å². The lowest BCUT2D eigenvalue weighted by atomic mass is 9.84. The highest BCUT2D eigenvalue weighted by atomic mass is 16.4. The molecule has 1 N–H and O–H groups in total. The molecule has 0 aliphatic heterocycles. The zero-order chi connectivity index (χ0) is 18.5. The highest BCUT2D eigenvalue weighted by molar-refractivity contribution is 6.20. The van der Waals surface area contributed by atoms with Crippen molar-refractivity contribution in [2.24, 2.45) is 0 Å². The minimum Gasteiger partial charge on any atom is -0.478 e. The number of aromatic carboxylic acids is 1. The first-order valence-corrected chi connectivity index (χ1v) is 8.09. The number of carbonyl (C=O) groups excluding carboxylic acids is 2. The Hall–Kier alpha value is -3.53. The van der Waals surface area contributed by atoms with E-state index in [0.717, 1.165) is 0 Å². The molecule has 0 spiro atoms. The van der Waals surface area contributed by atoms with E-state index < -0.39 is 11.9 Å². The van der Waals surface area contributed by atoms with Crippen LogP contribution in [0.1, 0.15) is 42.6 Å². The highest BCUT2D eigenvalue weighted by Crippen LogP contribution is 2.26. The molecule has 0 bridgehead atoms. The van der Waals surface area contributed by atoms with E-state index in [2.05, 4.69) is 0 Å². The summed E-state index contributed by atoms with van der Waals surface area (Å²) in [4.78, 5) is 37.4. The number of hydrogen-bond donors (Lipinski definition) is 1. The predicted molar refractivity (Wildman–Crippen MR) is 97.7 cm³/mol. The molecule has 0 saturated heterocycles. The Bertz CT molecular complexity index is 895. The minimum absolute atomic E-state index is 0.0363. The lowest BCUT2D eigenvalue weighted by Gasteiger charge is -2.16. The fourth-order valence-corrected chi connectivity index (χ4v) is 2.81. The van der Waals surface area contributed by atoms with Crippen LogP contribution in [0.15, 0.2) is 84.9 Å². The smallest absolute Gasteiger partial charge is 0.335 e. The van der Waals surface area contributed by atoms with Crippen LogP contribution in [-0.4, -0.2) is 22.6 Å². The molecule has 4 nitrogen and oxygen atoms in total. The van der Waals surface area contributed by atoms with Crippen LogP contribution in [0.5, 0.6) is 0 Å². The third-order valence-corrected chi connectivity index (χ3v) is 4.11. The van der Waals surface area contributed by atoms with Crippen LogP contribution >= 0.6 is 0 Å². The first kappa shape index (κ1) is 17.3. The Labute approximate surface area is 150 Å². The first-order chi connectivity index (χ1) is 12.6. The van der Waals surface area contributed by atoms with Gasteiger partial charge in [0.15, 0.2) is 11.6 Å². The fourth-order valence-electron chi connectivity index (χ4n) is 2.81. The molecule has 26 heavy (non-hydrogen) atoms. The topological polar surface area (TPSA) is 71.4 Å². The number of benzene rings is 3. The minimum atomic E-state index is -1.11. The molecule has 3 rings (SSSR count). The molecule has 0 unspecified atom stereocenters. The third kappa shape index (κ3) is 3.59. The quantitative estimate of drug-likeness (QED) is 0.536. The van der Waals surface area contributed by atoms with Gasteiger partial charge in [-0.1, -0.05) is 72.8 Å². The van der Waals surface area contributed by atoms with Crippen LogP contribution in [0, 0.1) is 0 Å². The van der Waals surface area contributed by atoms with Crippen molar-refractivity contribution in [1.82, 2.24) is 0 Å². The molecule has 0 radical (unpaired) electrons. The second-order valence-corrected chi connectivity index (χ2v) is 5.82. The van der Waals surface area contributed by atoms with Crippen molar-refractivity contribution in [2.75, 3.05) is 0 Å². The number of Topliss-reactive ketones (excluding diaryl/α,β-unsaturated/α-hetero) is 2. The van der Waals surface area contributed by atoms with Crippen LogP contribution in [0.25, 0.3) is 0 Å². The van der Waals surface area contributed by atoms with Crippen molar-refractivity contribution in [1.29, 1.82) is 0 Å². The maximum Gasteiger partial charge on any atom is 0.335 e. The van der Waals surface area contributed by atoms with E-state index in [0.29, 0.717) is 16.7 Å². The average molecular weight is 344 g/mol. The molecule has 0 aliphatic carbocycles. The van der Waals surface area contributed by atoms with Gasteiger partial charge in [0.05, 0.1) is 5.56 Å². The van der Waals surface area contributed by atoms with Gasteiger partial charge in [-0.2, -0.15) is 0 Å². The van der Waals surface area contributed by atoms with E-state index in [1.807, 2.05) is 0 Å². The normalized spacial score (nSPS) is 10.5. The molecule has 4 heteroatoms. The summed E-state index contributed by atoms with van der Waals surface area (Å²) in [5.74, 6) is -2.92. The molecule has 0 heterocycles. The molecule has 3 aromatic rings. The van der Waals surface area contributed by atoms with E-state index in [4.69, 9.17) is 0 Å². The van der Waals surface area contributed by atoms with Crippen molar-refractivity contribution in [3.05, 3.63) is 107 Å². The SMILES string of the molecule is O=C(O)c1cccc(C(C(=O)c2ccccc2)C(=O)c2ccccc2)c1. The molecule has 0 saturated carbocycles. The van der Waals surface area contributed by atoms with E-state index in [9.17, 15) is 19.5 Å². The molecule has 0 amide bonds. The van der Waals surface area contributed by atoms with Gasteiger partial charge in [0.25, 0.3) is 0 Å². The van der Waals surface area contributed by atoms with Gasteiger partial charge >= 0.3 is 5.97 Å². The standard InChI is InChI=1S/C22H16O4/c23-20(15-8-3-1-4-9-15)19(21(24)16-10-5-2-6-11-16)17-12-7-13-18(14-17)22(25)26/h1-14,19H,(H,25,26). The second kappa shape index (κ2) is 7.57. The fraction of sp³-hybridized carbons (Fsp3) is 0.0455. The van der Waals surface area contributed by atoms with Gasteiger partial charge < -0.3 is 5.11 Å². The highest BCUT2D eigenvalue weighted by Gasteiger charge is 2.30. The van der Waals surface area contributed by atoms with Crippen LogP contribution in [0.4, 0.5) is 0 Å². The van der Waals surface area contributed by atoms with E-state index >= 15 is 0 Å². The number of carbonyl (C=O) groups is 3. The van der Waals surface area contributed by atoms with Gasteiger partial charge in [-0.15, -0.1) is 0 Å². The summed E-state index contributed by atoms with van der Waals surface area (Å²) in [6.45, 7) is 0. The zero-order valence-electron chi connectivity index (χ0n) is 13.8. The summed E-state index contributed by atoms with van der Waals surface area (Å²) >= 11 is 0. The summed E-state index contributed by atoms with van der Waals surface area (Å²) in [5.41, 5.74) is 1.21. The maximum atomic E-state index is 13.1.